The van der Waals surface area contributed by atoms with Gasteiger partial charge >= 0.3 is 0 Å². The van der Waals surface area contributed by atoms with Crippen LogP contribution in [0.5, 0.6) is 0 Å². The largest absolute Gasteiger partial charge is 0.383 e. The summed E-state index contributed by atoms with van der Waals surface area (Å²) >= 11 is 5.42. The molecule has 0 unspecified atom stereocenters. The molecular formula is C16H18BrNOS. The lowest BCUT2D eigenvalue weighted by atomic mass is 10.2. The highest BCUT2D eigenvalue weighted by Crippen LogP contribution is 2.33. The van der Waals surface area contributed by atoms with E-state index >= 15 is 0 Å². The van der Waals surface area contributed by atoms with Gasteiger partial charge in [-0.2, -0.15) is 0 Å². The Hall–Kier alpha value is -0.810. The monoisotopic (exact) mass is 351 g/mol. The fraction of sp³-hybridized carbons (Fsp3) is 0.250. The minimum Gasteiger partial charge on any atom is -0.383 e. The van der Waals surface area contributed by atoms with Gasteiger partial charge in [0, 0.05) is 34.5 Å². The summed E-state index contributed by atoms with van der Waals surface area (Å²) in [7, 11) is 1.72. The van der Waals surface area contributed by atoms with E-state index < -0.39 is 0 Å². The van der Waals surface area contributed by atoms with Crippen LogP contribution in [0.2, 0.25) is 0 Å². The van der Waals surface area contributed by atoms with Gasteiger partial charge in [-0.15, -0.1) is 0 Å². The lowest BCUT2D eigenvalue weighted by Gasteiger charge is -2.08. The minimum absolute atomic E-state index is 0.739. The van der Waals surface area contributed by atoms with Crippen LogP contribution in [0.4, 0.5) is 0 Å². The SMILES string of the molecule is COCCNCc1ccc(Sc2ccccc2)c(Br)c1. The number of halogens is 1. The van der Waals surface area contributed by atoms with E-state index in [2.05, 4.69) is 63.7 Å². The Morgan fingerprint density at radius 2 is 1.95 bits per heavy atom. The van der Waals surface area contributed by atoms with Gasteiger partial charge in [-0.1, -0.05) is 36.0 Å². The first kappa shape index (κ1) is 15.6. The standard InChI is InChI=1S/C16H18BrNOS/c1-19-10-9-18-12-13-7-8-16(15(17)11-13)20-14-5-3-2-4-6-14/h2-8,11,18H,9-10,12H2,1H3. The Kier molecular flexibility index (Phi) is 6.60. The second-order valence-corrected chi connectivity index (χ2v) is 6.32. The molecule has 0 spiro atoms. The van der Waals surface area contributed by atoms with E-state index in [9.17, 15) is 0 Å². The fourth-order valence-electron chi connectivity index (χ4n) is 1.76. The summed E-state index contributed by atoms with van der Waals surface area (Å²) in [5.74, 6) is 0. The second kappa shape index (κ2) is 8.47. The van der Waals surface area contributed by atoms with E-state index in [-0.39, 0.29) is 0 Å². The Labute approximate surface area is 133 Å². The number of rotatable bonds is 7. The maximum Gasteiger partial charge on any atom is 0.0587 e. The normalized spacial score (nSPS) is 10.7. The zero-order chi connectivity index (χ0) is 14.2. The average molecular weight is 352 g/mol. The van der Waals surface area contributed by atoms with Crippen LogP contribution in [0, 0.1) is 0 Å². The van der Waals surface area contributed by atoms with E-state index in [1.807, 2.05) is 6.07 Å². The number of hydrogen-bond acceptors (Lipinski definition) is 3. The third-order valence-corrected chi connectivity index (χ3v) is 4.78. The molecule has 0 amide bonds. The van der Waals surface area contributed by atoms with Gasteiger partial charge in [-0.25, -0.2) is 0 Å². The lowest BCUT2D eigenvalue weighted by molar-refractivity contribution is 0.199. The van der Waals surface area contributed by atoms with Gasteiger partial charge in [0.25, 0.3) is 0 Å². The molecule has 0 atom stereocenters. The highest BCUT2D eigenvalue weighted by molar-refractivity contribution is 9.10. The van der Waals surface area contributed by atoms with Crippen LogP contribution in [0.3, 0.4) is 0 Å². The fourth-order valence-corrected chi connectivity index (χ4v) is 3.27. The summed E-state index contributed by atoms with van der Waals surface area (Å²) in [6.07, 6.45) is 0. The van der Waals surface area contributed by atoms with Crippen molar-refractivity contribution in [1.29, 1.82) is 0 Å². The Morgan fingerprint density at radius 1 is 1.15 bits per heavy atom. The maximum absolute atomic E-state index is 5.01. The number of nitrogens with one attached hydrogen (secondary N) is 1. The lowest BCUT2D eigenvalue weighted by Crippen LogP contribution is -2.18. The van der Waals surface area contributed by atoms with Crippen molar-refractivity contribution in [3.63, 3.8) is 0 Å². The summed E-state index contributed by atoms with van der Waals surface area (Å²) in [5, 5.41) is 3.35. The van der Waals surface area contributed by atoms with Gasteiger partial charge in [0.05, 0.1) is 6.61 Å². The molecule has 2 aromatic carbocycles. The molecule has 0 bridgehead atoms. The van der Waals surface area contributed by atoms with Crippen LogP contribution in [0.15, 0.2) is 62.8 Å². The van der Waals surface area contributed by atoms with Crippen LogP contribution >= 0.6 is 27.7 Å². The molecule has 2 nitrogen and oxygen atoms in total. The van der Waals surface area contributed by atoms with Crippen LogP contribution < -0.4 is 5.32 Å². The van der Waals surface area contributed by atoms with Crippen LogP contribution in [-0.2, 0) is 11.3 Å². The highest BCUT2D eigenvalue weighted by Gasteiger charge is 2.03. The molecule has 0 aliphatic carbocycles. The van der Waals surface area contributed by atoms with E-state index in [1.54, 1.807) is 18.9 Å². The van der Waals surface area contributed by atoms with Crippen LogP contribution in [0.1, 0.15) is 5.56 Å². The Bertz CT molecular complexity index is 533. The van der Waals surface area contributed by atoms with Gasteiger partial charge in [-0.05, 0) is 45.8 Å². The van der Waals surface area contributed by atoms with Crippen molar-refractivity contribution in [3.8, 4) is 0 Å². The van der Waals surface area contributed by atoms with Crippen molar-refractivity contribution in [2.45, 2.75) is 16.3 Å². The predicted octanol–water partition coefficient (Wildman–Crippen LogP) is 4.34. The maximum atomic E-state index is 5.01. The van der Waals surface area contributed by atoms with E-state index in [0.717, 1.165) is 24.2 Å². The Balaban J connectivity index is 1.95. The molecule has 0 aliphatic heterocycles. The predicted molar refractivity (Wildman–Crippen MR) is 88.3 cm³/mol. The molecule has 20 heavy (non-hydrogen) atoms. The smallest absolute Gasteiger partial charge is 0.0587 e. The van der Waals surface area contributed by atoms with Crippen LogP contribution in [-0.4, -0.2) is 20.3 Å². The van der Waals surface area contributed by atoms with Gasteiger partial charge in [0.15, 0.2) is 0 Å². The molecule has 0 aromatic heterocycles. The molecule has 2 rings (SSSR count). The third kappa shape index (κ3) is 4.94. The topological polar surface area (TPSA) is 21.3 Å². The van der Waals surface area contributed by atoms with Gasteiger partial charge < -0.3 is 10.1 Å². The van der Waals surface area contributed by atoms with Crippen molar-refractivity contribution in [1.82, 2.24) is 5.32 Å². The summed E-state index contributed by atoms with van der Waals surface area (Å²) in [6.45, 7) is 2.47. The zero-order valence-electron chi connectivity index (χ0n) is 11.4. The van der Waals surface area contributed by atoms with Crippen molar-refractivity contribution >= 4 is 27.7 Å². The molecule has 2 aromatic rings. The first-order valence-corrected chi connectivity index (χ1v) is 8.11. The highest BCUT2D eigenvalue weighted by atomic mass is 79.9. The molecule has 0 heterocycles. The summed E-state index contributed by atoms with van der Waals surface area (Å²) in [5.41, 5.74) is 1.27. The molecular weight excluding hydrogens is 334 g/mol. The average Bonchev–Trinajstić information content (AvgIpc) is 2.47. The number of hydrogen-bond donors (Lipinski definition) is 1. The summed E-state index contributed by atoms with van der Waals surface area (Å²) < 4.78 is 6.15. The molecule has 1 N–H and O–H groups in total. The van der Waals surface area contributed by atoms with Gasteiger partial charge in [0.1, 0.15) is 0 Å². The van der Waals surface area contributed by atoms with Crippen molar-refractivity contribution in [3.05, 3.63) is 58.6 Å². The minimum atomic E-state index is 0.739. The zero-order valence-corrected chi connectivity index (χ0v) is 13.8. The first-order valence-electron chi connectivity index (χ1n) is 6.50. The molecule has 0 aliphatic rings. The second-order valence-electron chi connectivity index (χ2n) is 4.35. The van der Waals surface area contributed by atoms with Crippen molar-refractivity contribution < 1.29 is 4.74 Å². The van der Waals surface area contributed by atoms with E-state index in [1.165, 1.54) is 15.4 Å². The Morgan fingerprint density at radius 3 is 2.65 bits per heavy atom. The number of ether oxygens (including phenoxy) is 1. The summed E-state index contributed by atoms with van der Waals surface area (Å²) in [4.78, 5) is 2.48. The van der Waals surface area contributed by atoms with E-state index in [0.29, 0.717) is 0 Å². The summed E-state index contributed by atoms with van der Waals surface area (Å²) in [6, 6.07) is 16.9. The van der Waals surface area contributed by atoms with E-state index in [4.69, 9.17) is 4.74 Å². The molecule has 4 heteroatoms. The molecule has 0 radical (unpaired) electrons. The molecule has 0 saturated carbocycles. The van der Waals surface area contributed by atoms with Crippen molar-refractivity contribution in [2.24, 2.45) is 0 Å². The third-order valence-electron chi connectivity index (χ3n) is 2.78. The molecule has 0 fully saturated rings. The van der Waals surface area contributed by atoms with Gasteiger partial charge in [0.2, 0.25) is 0 Å². The first-order chi connectivity index (χ1) is 9.79. The number of benzene rings is 2. The van der Waals surface area contributed by atoms with Gasteiger partial charge in [-0.3, -0.25) is 0 Å². The quantitative estimate of drug-likeness (QED) is 0.749. The van der Waals surface area contributed by atoms with Crippen LogP contribution in [0.25, 0.3) is 0 Å². The number of methoxy groups -OCH3 is 1. The molecule has 106 valence electrons. The van der Waals surface area contributed by atoms with Crippen molar-refractivity contribution in [2.75, 3.05) is 20.3 Å². The molecule has 0 saturated heterocycles.